The van der Waals surface area contributed by atoms with E-state index in [-0.39, 0.29) is 5.91 Å². The number of rotatable bonds is 2. The summed E-state index contributed by atoms with van der Waals surface area (Å²) < 4.78 is 1.70. The number of nitriles is 1. The van der Waals surface area contributed by atoms with Gasteiger partial charge in [0.2, 0.25) is 5.91 Å². The smallest absolute Gasteiger partial charge is 0.221 e. The van der Waals surface area contributed by atoms with Crippen LogP contribution in [0.4, 0.5) is 11.5 Å². The number of fused-ring (bicyclic) bond motifs is 1. The molecule has 6 heteroatoms. The van der Waals surface area contributed by atoms with Gasteiger partial charge >= 0.3 is 0 Å². The van der Waals surface area contributed by atoms with Gasteiger partial charge in [-0.2, -0.15) is 10.4 Å². The Labute approximate surface area is 121 Å². The number of benzene rings is 1. The molecule has 3 rings (SSSR count). The summed E-state index contributed by atoms with van der Waals surface area (Å²) in [6, 6.07) is 9.65. The third kappa shape index (κ3) is 2.37. The van der Waals surface area contributed by atoms with Crippen LogP contribution in [0.15, 0.2) is 36.5 Å². The second-order valence-electron chi connectivity index (χ2n) is 4.66. The van der Waals surface area contributed by atoms with E-state index in [0.717, 1.165) is 16.9 Å². The summed E-state index contributed by atoms with van der Waals surface area (Å²) >= 11 is 0. The monoisotopic (exact) mass is 279 g/mol. The van der Waals surface area contributed by atoms with E-state index < -0.39 is 0 Å². The van der Waals surface area contributed by atoms with Crippen molar-refractivity contribution in [3.8, 4) is 6.07 Å². The second-order valence-corrected chi connectivity index (χ2v) is 4.66. The number of hydrogen-bond donors (Lipinski definition) is 2. The molecule has 104 valence electrons. The minimum absolute atomic E-state index is 0.113. The lowest BCUT2D eigenvalue weighted by Gasteiger charge is -2.18. The van der Waals surface area contributed by atoms with Crippen LogP contribution >= 0.6 is 0 Å². The van der Waals surface area contributed by atoms with E-state index in [9.17, 15) is 4.79 Å². The first-order valence-corrected chi connectivity index (χ1v) is 6.49. The van der Waals surface area contributed by atoms with Crippen molar-refractivity contribution in [2.75, 3.05) is 17.2 Å². The van der Waals surface area contributed by atoms with E-state index in [0.29, 0.717) is 17.9 Å². The summed E-state index contributed by atoms with van der Waals surface area (Å²) in [6.07, 6.45) is 3.53. The van der Waals surface area contributed by atoms with Crippen LogP contribution in [0.25, 0.3) is 5.70 Å². The predicted octanol–water partition coefficient (Wildman–Crippen LogP) is 2.03. The number of nitrogens with zero attached hydrogens (tertiary/aromatic N) is 3. The molecular weight excluding hydrogens is 266 g/mol. The highest BCUT2D eigenvalue weighted by molar-refractivity contribution is 5.89. The minimum Gasteiger partial charge on any atom is -0.365 e. The van der Waals surface area contributed by atoms with Crippen molar-refractivity contribution in [1.82, 2.24) is 9.78 Å². The van der Waals surface area contributed by atoms with Crippen LogP contribution in [0.3, 0.4) is 0 Å². The Hall–Kier alpha value is -3.07. The maximum Gasteiger partial charge on any atom is 0.221 e. The van der Waals surface area contributed by atoms with E-state index in [1.54, 1.807) is 10.9 Å². The summed E-state index contributed by atoms with van der Waals surface area (Å²) in [5.74, 6) is 0.581. The SMILES string of the molecule is CC(=O)Nc1cccc(C2=CCNc3c(C#N)cnn32)c1. The van der Waals surface area contributed by atoms with Gasteiger partial charge in [-0.1, -0.05) is 12.1 Å². The van der Waals surface area contributed by atoms with Crippen LogP contribution in [-0.4, -0.2) is 22.2 Å². The maximum atomic E-state index is 11.2. The lowest BCUT2D eigenvalue weighted by molar-refractivity contribution is -0.114. The largest absolute Gasteiger partial charge is 0.365 e. The molecule has 0 unspecified atom stereocenters. The Morgan fingerprint density at radius 3 is 3.14 bits per heavy atom. The summed E-state index contributed by atoms with van der Waals surface area (Å²) in [4.78, 5) is 11.2. The Bertz CT molecular complexity index is 782. The van der Waals surface area contributed by atoms with Crippen molar-refractivity contribution < 1.29 is 4.79 Å². The fraction of sp³-hybridized carbons (Fsp3) is 0.133. The second kappa shape index (κ2) is 5.13. The fourth-order valence-corrected chi connectivity index (χ4v) is 2.31. The van der Waals surface area contributed by atoms with Crippen molar-refractivity contribution in [1.29, 1.82) is 5.26 Å². The molecule has 2 heterocycles. The lowest BCUT2D eigenvalue weighted by atomic mass is 10.1. The lowest BCUT2D eigenvalue weighted by Crippen LogP contribution is -2.15. The highest BCUT2D eigenvalue weighted by atomic mass is 16.1. The average molecular weight is 279 g/mol. The molecule has 0 bridgehead atoms. The third-order valence-electron chi connectivity index (χ3n) is 3.16. The molecule has 2 N–H and O–H groups in total. The minimum atomic E-state index is -0.113. The number of aromatic nitrogens is 2. The molecule has 0 saturated heterocycles. The van der Waals surface area contributed by atoms with Crippen LogP contribution in [0.1, 0.15) is 18.1 Å². The van der Waals surface area contributed by atoms with Crippen molar-refractivity contribution in [3.63, 3.8) is 0 Å². The average Bonchev–Trinajstić information content (AvgIpc) is 2.89. The van der Waals surface area contributed by atoms with Gasteiger partial charge in [0.25, 0.3) is 0 Å². The zero-order valence-corrected chi connectivity index (χ0v) is 11.4. The molecule has 1 amide bonds. The molecule has 1 aliphatic heterocycles. The topological polar surface area (TPSA) is 82.7 Å². The normalized spacial score (nSPS) is 12.7. The van der Waals surface area contributed by atoms with Gasteiger partial charge in [-0.05, 0) is 18.2 Å². The molecule has 2 aromatic rings. The van der Waals surface area contributed by atoms with Gasteiger partial charge in [0.1, 0.15) is 17.5 Å². The summed E-state index contributed by atoms with van der Waals surface area (Å²) in [5.41, 5.74) is 3.06. The summed E-state index contributed by atoms with van der Waals surface area (Å²) in [6.45, 7) is 2.10. The van der Waals surface area contributed by atoms with Gasteiger partial charge in [-0.3, -0.25) is 4.79 Å². The molecule has 21 heavy (non-hydrogen) atoms. The number of carbonyl (C=O) groups excluding carboxylic acids is 1. The van der Waals surface area contributed by atoms with Gasteiger partial charge in [0, 0.05) is 24.7 Å². The third-order valence-corrected chi connectivity index (χ3v) is 3.16. The number of nitrogens with one attached hydrogen (secondary N) is 2. The summed E-state index contributed by atoms with van der Waals surface area (Å²) in [5, 5.41) is 19.2. The summed E-state index contributed by atoms with van der Waals surface area (Å²) in [7, 11) is 0. The first-order valence-electron chi connectivity index (χ1n) is 6.49. The Morgan fingerprint density at radius 1 is 1.52 bits per heavy atom. The van der Waals surface area contributed by atoms with Crippen molar-refractivity contribution in [2.45, 2.75) is 6.92 Å². The van der Waals surface area contributed by atoms with Gasteiger partial charge in [0.05, 0.1) is 11.9 Å². The maximum absolute atomic E-state index is 11.2. The number of hydrogen-bond acceptors (Lipinski definition) is 4. The van der Waals surface area contributed by atoms with Gasteiger partial charge in [0.15, 0.2) is 0 Å². The predicted molar refractivity (Wildman–Crippen MR) is 79.6 cm³/mol. The van der Waals surface area contributed by atoms with Crippen LogP contribution < -0.4 is 10.6 Å². The first-order chi connectivity index (χ1) is 10.2. The van der Waals surface area contributed by atoms with E-state index >= 15 is 0 Å². The zero-order valence-electron chi connectivity index (χ0n) is 11.4. The fourth-order valence-electron chi connectivity index (χ4n) is 2.31. The molecule has 6 nitrogen and oxygen atoms in total. The first kappa shape index (κ1) is 12.9. The van der Waals surface area contributed by atoms with E-state index in [4.69, 9.17) is 5.26 Å². The molecule has 0 fully saturated rings. The van der Waals surface area contributed by atoms with Gasteiger partial charge in [-0.15, -0.1) is 0 Å². The van der Waals surface area contributed by atoms with Gasteiger partial charge in [-0.25, -0.2) is 4.68 Å². The quantitative estimate of drug-likeness (QED) is 0.881. The van der Waals surface area contributed by atoms with E-state index in [2.05, 4.69) is 21.8 Å². The van der Waals surface area contributed by atoms with Crippen LogP contribution in [0.5, 0.6) is 0 Å². The molecule has 1 aromatic carbocycles. The molecule has 0 aliphatic carbocycles. The Morgan fingerprint density at radius 2 is 2.38 bits per heavy atom. The van der Waals surface area contributed by atoms with E-state index in [1.807, 2.05) is 30.3 Å². The van der Waals surface area contributed by atoms with Crippen LogP contribution in [0.2, 0.25) is 0 Å². The number of amides is 1. The van der Waals surface area contributed by atoms with Crippen molar-refractivity contribution in [3.05, 3.63) is 47.7 Å². The Kier molecular flexibility index (Phi) is 3.16. The molecule has 0 saturated carbocycles. The molecule has 0 radical (unpaired) electrons. The number of carbonyl (C=O) groups is 1. The zero-order chi connectivity index (χ0) is 14.8. The van der Waals surface area contributed by atoms with E-state index in [1.165, 1.54) is 6.92 Å². The molecule has 0 spiro atoms. The highest BCUT2D eigenvalue weighted by Crippen LogP contribution is 2.28. The standard InChI is InChI=1S/C15H13N5O/c1-10(21)19-13-4-2-3-11(7-13)14-5-6-17-15-12(8-16)9-18-20(14)15/h2-5,7,9,17H,6H2,1H3,(H,19,21). The van der Waals surface area contributed by atoms with Crippen molar-refractivity contribution >= 4 is 23.1 Å². The number of anilines is 2. The molecule has 0 atom stereocenters. The molecular formula is C15H13N5O. The Balaban J connectivity index is 2.02. The van der Waals surface area contributed by atoms with Gasteiger partial charge < -0.3 is 10.6 Å². The van der Waals surface area contributed by atoms with Crippen LogP contribution in [0, 0.1) is 11.3 Å². The molecule has 1 aliphatic rings. The molecule has 1 aromatic heterocycles. The highest BCUT2D eigenvalue weighted by Gasteiger charge is 2.18. The van der Waals surface area contributed by atoms with Crippen molar-refractivity contribution in [2.24, 2.45) is 0 Å². The van der Waals surface area contributed by atoms with Crippen LogP contribution in [-0.2, 0) is 4.79 Å².